The molecule has 3 aromatic rings. The summed E-state index contributed by atoms with van der Waals surface area (Å²) in [6, 6.07) is 8.82. The van der Waals surface area contributed by atoms with E-state index in [2.05, 4.69) is 10.4 Å². The molecule has 160 valence electrons. The van der Waals surface area contributed by atoms with Gasteiger partial charge in [-0.3, -0.25) is 25.2 Å². The second-order valence-corrected chi connectivity index (χ2v) is 7.47. The van der Waals surface area contributed by atoms with Crippen LogP contribution in [0.1, 0.15) is 19.3 Å². The maximum atomic E-state index is 11.6. The third-order valence-electron chi connectivity index (χ3n) is 5.00. The summed E-state index contributed by atoms with van der Waals surface area (Å²) in [5.74, 6) is 0.116. The fourth-order valence-electron chi connectivity index (χ4n) is 3.51. The number of nitrogens with zero attached hydrogens (tertiary/aromatic N) is 4. The summed E-state index contributed by atoms with van der Waals surface area (Å²) >= 11 is 6.21. The van der Waals surface area contributed by atoms with Gasteiger partial charge >= 0.3 is 11.4 Å². The molecule has 1 aliphatic heterocycles. The van der Waals surface area contributed by atoms with Gasteiger partial charge in [-0.1, -0.05) is 18.0 Å². The Hall–Kier alpha value is -3.50. The minimum Gasteiger partial charge on any atom is -0.448 e. The van der Waals surface area contributed by atoms with Crippen molar-refractivity contribution < 1.29 is 14.6 Å². The van der Waals surface area contributed by atoms with Gasteiger partial charge in [0.05, 0.1) is 14.9 Å². The molecule has 1 aliphatic rings. The lowest BCUT2D eigenvalue weighted by atomic mass is 10.1. The maximum Gasteiger partial charge on any atom is 0.318 e. The van der Waals surface area contributed by atoms with Crippen LogP contribution in [-0.4, -0.2) is 32.9 Å². The molecular weight excluding hydrogens is 426 g/mol. The summed E-state index contributed by atoms with van der Waals surface area (Å²) in [7, 11) is 0. The molecule has 0 atom stereocenters. The molecule has 1 N–H and O–H groups in total. The number of nitrogens with one attached hydrogen (secondary N) is 1. The highest BCUT2D eigenvalue weighted by molar-refractivity contribution is 6.35. The van der Waals surface area contributed by atoms with Crippen LogP contribution in [0.2, 0.25) is 5.02 Å². The van der Waals surface area contributed by atoms with Gasteiger partial charge in [0.25, 0.3) is 0 Å². The van der Waals surface area contributed by atoms with Crippen molar-refractivity contribution in [1.82, 2.24) is 9.99 Å². The van der Waals surface area contributed by atoms with Crippen molar-refractivity contribution in [2.75, 3.05) is 18.5 Å². The van der Waals surface area contributed by atoms with Crippen molar-refractivity contribution in [2.45, 2.75) is 19.3 Å². The van der Waals surface area contributed by atoms with Crippen molar-refractivity contribution in [2.24, 2.45) is 0 Å². The number of ether oxygens (including phenoxy) is 1. The van der Waals surface area contributed by atoms with Gasteiger partial charge in [0.15, 0.2) is 5.75 Å². The maximum absolute atomic E-state index is 11.6. The van der Waals surface area contributed by atoms with Gasteiger partial charge in [0.2, 0.25) is 5.75 Å². The van der Waals surface area contributed by atoms with Crippen molar-refractivity contribution in [3.05, 3.63) is 67.8 Å². The van der Waals surface area contributed by atoms with E-state index < -0.39 is 21.2 Å². The summed E-state index contributed by atoms with van der Waals surface area (Å²) in [5, 5.41) is 26.2. The Kier molecular flexibility index (Phi) is 5.83. The van der Waals surface area contributed by atoms with Gasteiger partial charge in [-0.25, -0.2) is 5.01 Å². The van der Waals surface area contributed by atoms with E-state index >= 15 is 0 Å². The van der Waals surface area contributed by atoms with Gasteiger partial charge in [0, 0.05) is 30.7 Å². The second kappa shape index (κ2) is 8.70. The summed E-state index contributed by atoms with van der Waals surface area (Å²) < 4.78 is 5.86. The SMILES string of the molecule is O=[N+]([O-])c1cc([N+](=O)[O-])c(Oc2ccc(Cl)c3cccnc23)cc1NN1CCCCC1. The number of hydrogen-bond donors (Lipinski definition) is 1. The Bertz CT molecular complexity index is 1170. The first-order chi connectivity index (χ1) is 14.9. The zero-order chi connectivity index (χ0) is 22.0. The van der Waals surface area contributed by atoms with Crippen molar-refractivity contribution >= 4 is 39.6 Å². The molecule has 2 aromatic carbocycles. The highest BCUT2D eigenvalue weighted by Gasteiger charge is 2.28. The van der Waals surface area contributed by atoms with Crippen LogP contribution >= 0.6 is 11.6 Å². The minimum atomic E-state index is -0.710. The molecule has 1 aromatic heterocycles. The monoisotopic (exact) mass is 443 g/mol. The molecule has 0 unspecified atom stereocenters. The smallest absolute Gasteiger partial charge is 0.318 e. The van der Waals surface area contributed by atoms with Crippen LogP contribution in [0.3, 0.4) is 0 Å². The molecule has 2 heterocycles. The fourth-order valence-corrected chi connectivity index (χ4v) is 3.73. The molecule has 10 nitrogen and oxygen atoms in total. The molecule has 0 spiro atoms. The molecule has 4 rings (SSSR count). The van der Waals surface area contributed by atoms with E-state index in [1.165, 1.54) is 6.07 Å². The van der Waals surface area contributed by atoms with Gasteiger partial charge in [-0.2, -0.15) is 0 Å². The van der Waals surface area contributed by atoms with Crippen molar-refractivity contribution in [1.29, 1.82) is 0 Å². The standard InChI is InChI=1S/C20H18ClN5O5/c21-14-6-7-18(20-13(14)5-4-8-22-20)31-19-11-15(23-24-9-2-1-3-10-24)16(25(27)28)12-17(19)26(29)30/h4-8,11-12,23H,1-3,9-10H2. The van der Waals surface area contributed by atoms with Crippen molar-refractivity contribution in [3.63, 3.8) is 0 Å². The zero-order valence-electron chi connectivity index (χ0n) is 16.3. The highest BCUT2D eigenvalue weighted by Crippen LogP contribution is 2.41. The topological polar surface area (TPSA) is 124 Å². The van der Waals surface area contributed by atoms with Crippen LogP contribution in [0.5, 0.6) is 11.5 Å². The average Bonchev–Trinajstić information content (AvgIpc) is 2.76. The lowest BCUT2D eigenvalue weighted by molar-refractivity contribution is -0.394. The van der Waals surface area contributed by atoms with Crippen LogP contribution < -0.4 is 10.2 Å². The Balaban J connectivity index is 1.79. The minimum absolute atomic E-state index is 0.124. The van der Waals surface area contributed by atoms with Gasteiger partial charge < -0.3 is 10.2 Å². The van der Waals surface area contributed by atoms with Gasteiger partial charge in [-0.15, -0.1) is 0 Å². The Labute approximate surface area is 181 Å². The number of rotatable bonds is 6. The van der Waals surface area contributed by atoms with E-state index in [0.29, 0.717) is 15.9 Å². The lowest BCUT2D eigenvalue weighted by Crippen LogP contribution is -2.35. The molecule has 31 heavy (non-hydrogen) atoms. The first-order valence-electron chi connectivity index (χ1n) is 9.63. The third kappa shape index (κ3) is 4.35. The number of hydrogen-bond acceptors (Lipinski definition) is 8. The molecule has 11 heteroatoms. The number of fused-ring (bicyclic) bond motifs is 1. The quantitative estimate of drug-likeness (QED) is 0.401. The van der Waals surface area contributed by atoms with Crippen LogP contribution in [0.4, 0.5) is 17.1 Å². The number of nitro benzene ring substituents is 2. The average molecular weight is 444 g/mol. The normalized spacial score (nSPS) is 14.4. The first kappa shape index (κ1) is 20.8. The molecule has 1 fully saturated rings. The third-order valence-corrected chi connectivity index (χ3v) is 5.33. The number of hydrazine groups is 1. The van der Waals surface area contributed by atoms with Crippen LogP contribution in [0, 0.1) is 20.2 Å². The predicted molar refractivity (Wildman–Crippen MR) is 116 cm³/mol. The molecule has 1 saturated heterocycles. The Morgan fingerprint density at radius 2 is 1.74 bits per heavy atom. The Morgan fingerprint density at radius 1 is 1.00 bits per heavy atom. The van der Waals surface area contributed by atoms with Crippen LogP contribution in [0.15, 0.2) is 42.6 Å². The van der Waals surface area contributed by atoms with Crippen LogP contribution in [-0.2, 0) is 0 Å². The predicted octanol–water partition coefficient (Wildman–Crippen LogP) is 5.31. The second-order valence-electron chi connectivity index (χ2n) is 7.06. The summed E-state index contributed by atoms with van der Waals surface area (Å²) in [6.07, 6.45) is 4.56. The largest absolute Gasteiger partial charge is 0.448 e. The highest BCUT2D eigenvalue weighted by atomic mass is 35.5. The van der Waals surface area contributed by atoms with Crippen molar-refractivity contribution in [3.8, 4) is 11.5 Å². The number of nitro groups is 2. The fraction of sp³-hybridized carbons (Fsp3) is 0.250. The van der Waals surface area contributed by atoms with E-state index in [4.69, 9.17) is 16.3 Å². The Morgan fingerprint density at radius 3 is 2.45 bits per heavy atom. The first-order valence-corrected chi connectivity index (χ1v) is 10.0. The van der Waals surface area contributed by atoms with E-state index in [0.717, 1.165) is 38.4 Å². The molecular formula is C20H18ClN5O5. The molecule has 0 radical (unpaired) electrons. The summed E-state index contributed by atoms with van der Waals surface area (Å²) in [5.41, 5.74) is 2.65. The van der Waals surface area contributed by atoms with E-state index in [9.17, 15) is 20.2 Å². The number of piperidine rings is 1. The number of pyridine rings is 1. The molecule has 0 amide bonds. The van der Waals surface area contributed by atoms with Crippen LogP contribution in [0.25, 0.3) is 10.9 Å². The number of aromatic nitrogens is 1. The zero-order valence-corrected chi connectivity index (χ0v) is 17.0. The number of halogens is 1. The number of anilines is 1. The molecule has 0 saturated carbocycles. The van der Waals surface area contributed by atoms with E-state index in [-0.39, 0.29) is 17.2 Å². The van der Waals surface area contributed by atoms with Gasteiger partial charge in [0.1, 0.15) is 17.3 Å². The van der Waals surface area contributed by atoms with Gasteiger partial charge in [-0.05, 0) is 37.1 Å². The lowest BCUT2D eigenvalue weighted by Gasteiger charge is -2.27. The summed E-state index contributed by atoms with van der Waals surface area (Å²) in [6.45, 7) is 1.44. The van der Waals surface area contributed by atoms with E-state index in [1.54, 1.807) is 30.5 Å². The summed E-state index contributed by atoms with van der Waals surface area (Å²) in [4.78, 5) is 26.1. The number of benzene rings is 2. The molecule has 0 aliphatic carbocycles. The van der Waals surface area contributed by atoms with E-state index in [1.807, 2.05) is 5.01 Å². The molecule has 0 bridgehead atoms.